The van der Waals surface area contributed by atoms with E-state index in [1.54, 1.807) is 18.2 Å². The molecule has 6 heteroatoms. The molecule has 3 aliphatic rings. The summed E-state index contributed by atoms with van der Waals surface area (Å²) in [6.07, 6.45) is 0.910. The second kappa shape index (κ2) is 4.56. The number of amides is 2. The highest BCUT2D eigenvalue weighted by Crippen LogP contribution is 2.60. The molecule has 4 nitrogen and oxygen atoms in total. The summed E-state index contributed by atoms with van der Waals surface area (Å²) in [5, 5.41) is 9.96. The van der Waals surface area contributed by atoms with Crippen LogP contribution in [0.2, 0.25) is 0 Å². The van der Waals surface area contributed by atoms with Gasteiger partial charge in [0.25, 0.3) is 0 Å². The van der Waals surface area contributed by atoms with Gasteiger partial charge in [0.2, 0.25) is 11.8 Å². The average Bonchev–Trinajstić information content (AvgIpc) is 3.06. The lowest BCUT2D eigenvalue weighted by Gasteiger charge is -2.28. The van der Waals surface area contributed by atoms with Crippen molar-refractivity contribution in [2.75, 3.05) is 4.90 Å². The van der Waals surface area contributed by atoms with Gasteiger partial charge in [-0.2, -0.15) is 0 Å². The van der Waals surface area contributed by atoms with Crippen molar-refractivity contribution in [3.63, 3.8) is 0 Å². The standard InChI is InChI=1S/C15H13Br2NO3/c16-12-6-5-7(13(12)17)11-10(6)14(20)18(15(11)21)8-3-1-2-4-9(8)19/h1-4,6-7,10-13,19H,5H2/t6-,7+,10+,11-,12-,13-/m1/s1. The Morgan fingerprint density at radius 1 is 1.00 bits per heavy atom. The van der Waals surface area contributed by atoms with Gasteiger partial charge in [0.15, 0.2) is 0 Å². The minimum atomic E-state index is -0.250. The number of para-hydroxylation sites is 2. The van der Waals surface area contributed by atoms with E-state index in [1.165, 1.54) is 11.0 Å². The number of hydrogen-bond donors (Lipinski definition) is 1. The van der Waals surface area contributed by atoms with E-state index in [-0.39, 0.29) is 50.9 Å². The van der Waals surface area contributed by atoms with Crippen molar-refractivity contribution in [1.82, 2.24) is 0 Å². The number of rotatable bonds is 1. The van der Waals surface area contributed by atoms with E-state index in [9.17, 15) is 14.7 Å². The van der Waals surface area contributed by atoms with Crippen LogP contribution in [-0.2, 0) is 9.59 Å². The van der Waals surface area contributed by atoms with Gasteiger partial charge >= 0.3 is 0 Å². The van der Waals surface area contributed by atoms with Crippen molar-refractivity contribution in [3.05, 3.63) is 24.3 Å². The lowest BCUT2D eigenvalue weighted by molar-refractivity contribution is -0.123. The average molecular weight is 415 g/mol. The van der Waals surface area contributed by atoms with Crippen molar-refractivity contribution in [3.8, 4) is 5.75 Å². The number of phenols is 1. The number of hydrogen-bond acceptors (Lipinski definition) is 3. The molecular formula is C15H13Br2NO3. The maximum absolute atomic E-state index is 12.7. The molecule has 2 saturated carbocycles. The van der Waals surface area contributed by atoms with E-state index < -0.39 is 0 Å². The maximum atomic E-state index is 12.7. The summed E-state index contributed by atoms with van der Waals surface area (Å²) in [7, 11) is 0. The molecule has 1 aromatic rings. The molecule has 0 radical (unpaired) electrons. The molecule has 1 heterocycles. The molecule has 0 spiro atoms. The van der Waals surface area contributed by atoms with Gasteiger partial charge in [-0.3, -0.25) is 9.59 Å². The van der Waals surface area contributed by atoms with Crippen molar-refractivity contribution in [2.45, 2.75) is 16.1 Å². The fourth-order valence-corrected chi connectivity index (χ4v) is 6.11. The van der Waals surface area contributed by atoms with E-state index in [4.69, 9.17) is 0 Å². The fourth-order valence-electron chi connectivity index (χ4n) is 4.24. The van der Waals surface area contributed by atoms with Gasteiger partial charge in [0, 0.05) is 9.65 Å². The smallest absolute Gasteiger partial charge is 0.238 e. The largest absolute Gasteiger partial charge is 0.506 e. The molecular weight excluding hydrogens is 402 g/mol. The highest BCUT2D eigenvalue weighted by Gasteiger charge is 2.66. The molecule has 2 amide bonds. The quantitative estimate of drug-likeness (QED) is 0.567. The molecule has 1 aromatic carbocycles. The zero-order valence-electron chi connectivity index (χ0n) is 10.9. The lowest BCUT2D eigenvalue weighted by Crippen LogP contribution is -2.37. The number of benzene rings is 1. The number of halogens is 2. The van der Waals surface area contributed by atoms with Gasteiger partial charge < -0.3 is 5.11 Å². The molecule has 6 atom stereocenters. The first-order valence-electron chi connectivity index (χ1n) is 6.96. The Hall–Kier alpha value is -0.880. The van der Waals surface area contributed by atoms with Crippen LogP contribution in [-0.4, -0.2) is 26.6 Å². The monoisotopic (exact) mass is 413 g/mol. The van der Waals surface area contributed by atoms with E-state index in [2.05, 4.69) is 31.9 Å². The summed E-state index contributed by atoms with van der Waals surface area (Å²) >= 11 is 7.31. The first-order chi connectivity index (χ1) is 10.0. The molecule has 0 aromatic heterocycles. The van der Waals surface area contributed by atoms with Crippen LogP contribution in [0.3, 0.4) is 0 Å². The first-order valence-corrected chi connectivity index (χ1v) is 8.79. The number of carbonyl (C=O) groups is 2. The number of nitrogens with zero attached hydrogens (tertiary/aromatic N) is 1. The predicted molar refractivity (Wildman–Crippen MR) is 84.6 cm³/mol. The van der Waals surface area contributed by atoms with E-state index in [0.29, 0.717) is 5.69 Å². The van der Waals surface area contributed by atoms with Crippen molar-refractivity contribution >= 4 is 49.4 Å². The molecule has 1 N–H and O–H groups in total. The molecule has 2 bridgehead atoms. The molecule has 21 heavy (non-hydrogen) atoms. The molecule has 2 aliphatic carbocycles. The second-order valence-electron chi connectivity index (χ2n) is 6.00. The number of phenolic OH excluding ortho intramolecular Hbond substituents is 1. The van der Waals surface area contributed by atoms with Gasteiger partial charge in [0.1, 0.15) is 5.75 Å². The Morgan fingerprint density at radius 2 is 1.52 bits per heavy atom. The van der Waals surface area contributed by atoms with Gasteiger partial charge in [-0.05, 0) is 30.4 Å². The SMILES string of the molecule is O=C1[C@@H]2[C@@H]3C[C@@H]([C@@H](Br)[C@@H]3Br)[C@@H]2C(=O)N1c1ccccc1O. The van der Waals surface area contributed by atoms with Crippen LogP contribution in [0.15, 0.2) is 24.3 Å². The highest BCUT2D eigenvalue weighted by atomic mass is 79.9. The van der Waals surface area contributed by atoms with Gasteiger partial charge in [-0.15, -0.1) is 0 Å². The van der Waals surface area contributed by atoms with Crippen LogP contribution < -0.4 is 4.90 Å². The summed E-state index contributed by atoms with van der Waals surface area (Å²) in [5.41, 5.74) is 0.304. The van der Waals surface area contributed by atoms with Crippen LogP contribution in [0.25, 0.3) is 0 Å². The number of aromatic hydroxyl groups is 1. The van der Waals surface area contributed by atoms with Crippen LogP contribution in [0.4, 0.5) is 5.69 Å². The van der Waals surface area contributed by atoms with Crippen LogP contribution in [0, 0.1) is 23.7 Å². The second-order valence-corrected chi connectivity index (χ2v) is 8.12. The number of carbonyl (C=O) groups excluding carboxylic acids is 2. The number of fused-ring (bicyclic) bond motifs is 5. The van der Waals surface area contributed by atoms with Gasteiger partial charge in [0.05, 0.1) is 17.5 Å². The minimum absolute atomic E-state index is 0.0303. The van der Waals surface area contributed by atoms with E-state index in [0.717, 1.165) is 6.42 Å². The fraction of sp³-hybridized carbons (Fsp3) is 0.467. The van der Waals surface area contributed by atoms with Crippen LogP contribution in [0.1, 0.15) is 6.42 Å². The molecule has 1 aliphatic heterocycles. The lowest BCUT2D eigenvalue weighted by atomic mass is 9.81. The number of imide groups is 1. The highest BCUT2D eigenvalue weighted by molar-refractivity contribution is 9.12. The number of anilines is 1. The Bertz CT molecular complexity index is 618. The third-order valence-electron chi connectivity index (χ3n) is 5.11. The normalized spacial score (nSPS) is 41.0. The summed E-state index contributed by atoms with van der Waals surface area (Å²) < 4.78 is 0. The van der Waals surface area contributed by atoms with E-state index in [1.807, 2.05) is 0 Å². The van der Waals surface area contributed by atoms with E-state index >= 15 is 0 Å². The molecule has 110 valence electrons. The van der Waals surface area contributed by atoms with Crippen molar-refractivity contribution < 1.29 is 14.7 Å². The van der Waals surface area contributed by atoms with Gasteiger partial charge in [-0.1, -0.05) is 44.0 Å². The third kappa shape index (κ3) is 1.66. The number of alkyl halides is 2. The van der Waals surface area contributed by atoms with Crippen molar-refractivity contribution in [1.29, 1.82) is 0 Å². The summed E-state index contributed by atoms with van der Waals surface area (Å²) in [6, 6.07) is 6.51. The van der Waals surface area contributed by atoms with Gasteiger partial charge in [-0.25, -0.2) is 4.90 Å². The summed E-state index contributed by atoms with van der Waals surface area (Å²) in [5.74, 6) is -0.475. The molecule has 4 rings (SSSR count). The Morgan fingerprint density at radius 3 is 2.05 bits per heavy atom. The Balaban J connectivity index is 1.77. The predicted octanol–water partition coefficient (Wildman–Crippen LogP) is 2.67. The third-order valence-corrected chi connectivity index (χ3v) is 8.32. The van der Waals surface area contributed by atoms with Crippen molar-refractivity contribution in [2.24, 2.45) is 23.7 Å². The zero-order valence-corrected chi connectivity index (χ0v) is 14.1. The minimum Gasteiger partial charge on any atom is -0.506 e. The Kier molecular flexibility index (Phi) is 2.99. The Labute approximate surface area is 138 Å². The summed E-state index contributed by atoms with van der Waals surface area (Å²) in [6.45, 7) is 0. The zero-order chi connectivity index (χ0) is 14.9. The molecule has 1 saturated heterocycles. The topological polar surface area (TPSA) is 57.6 Å². The summed E-state index contributed by atoms with van der Waals surface area (Å²) in [4.78, 5) is 27.1. The molecule has 0 unspecified atom stereocenters. The molecule has 3 fully saturated rings. The maximum Gasteiger partial charge on any atom is 0.238 e. The van der Waals surface area contributed by atoms with Crippen LogP contribution in [0.5, 0.6) is 5.75 Å². The first kappa shape index (κ1) is 13.8. The van der Waals surface area contributed by atoms with Crippen LogP contribution >= 0.6 is 31.9 Å².